The molecule has 2 N–H and O–H groups in total. The number of carbonyl (C=O) groups excluding carboxylic acids is 1. The molecule has 0 aromatic carbocycles. The minimum absolute atomic E-state index is 0.168. The molecule has 0 bridgehead atoms. The van der Waals surface area contributed by atoms with Crippen molar-refractivity contribution in [2.75, 3.05) is 13.1 Å². The molecular weight excluding hydrogens is 296 g/mol. The predicted octanol–water partition coefficient (Wildman–Crippen LogP) is 1.36. The molecule has 106 valence electrons. The lowest BCUT2D eigenvalue weighted by atomic mass is 10.3. The van der Waals surface area contributed by atoms with Crippen LogP contribution in [0.25, 0.3) is 9.88 Å². The van der Waals surface area contributed by atoms with Gasteiger partial charge in [-0.1, -0.05) is 6.07 Å². The van der Waals surface area contributed by atoms with Crippen LogP contribution in [0.15, 0.2) is 17.5 Å². The number of hydrogen-bond acceptors (Lipinski definition) is 6. The van der Waals surface area contributed by atoms with E-state index in [4.69, 9.17) is 0 Å². The average molecular weight is 310 g/mol. The Morgan fingerprint density at radius 3 is 2.70 bits per heavy atom. The number of β-amino-alcohol motifs (C(OH)–C–C–N with tert-alkyl or cyclic N) is 2. The van der Waals surface area contributed by atoms with E-state index in [1.54, 1.807) is 11.3 Å². The molecule has 2 aromatic rings. The van der Waals surface area contributed by atoms with E-state index in [0.717, 1.165) is 9.88 Å². The Balaban J connectivity index is 1.86. The molecule has 1 saturated heterocycles. The summed E-state index contributed by atoms with van der Waals surface area (Å²) < 4.78 is 0. The van der Waals surface area contributed by atoms with Gasteiger partial charge in [0.2, 0.25) is 0 Å². The third-order valence-electron chi connectivity index (χ3n) is 3.27. The number of aliphatic hydroxyl groups excluding tert-OH is 2. The van der Waals surface area contributed by atoms with Crippen LogP contribution in [0.2, 0.25) is 0 Å². The maximum absolute atomic E-state index is 12.4. The molecule has 7 heteroatoms. The van der Waals surface area contributed by atoms with Crippen LogP contribution in [0.5, 0.6) is 0 Å². The Bertz CT molecular complexity index is 614. The summed E-state index contributed by atoms with van der Waals surface area (Å²) in [5.41, 5.74) is 0.694. The fraction of sp³-hybridized carbons (Fsp3) is 0.385. The summed E-state index contributed by atoms with van der Waals surface area (Å²) in [4.78, 5) is 20.0. The molecule has 0 saturated carbocycles. The molecule has 0 aliphatic carbocycles. The molecule has 0 spiro atoms. The summed E-state index contributed by atoms with van der Waals surface area (Å²) in [7, 11) is 0. The van der Waals surface area contributed by atoms with Crippen molar-refractivity contribution in [3.05, 3.63) is 28.1 Å². The molecule has 2 unspecified atom stereocenters. The topological polar surface area (TPSA) is 73.7 Å². The van der Waals surface area contributed by atoms with Gasteiger partial charge in [0, 0.05) is 13.1 Å². The van der Waals surface area contributed by atoms with Crippen LogP contribution in [0.3, 0.4) is 0 Å². The van der Waals surface area contributed by atoms with Crippen molar-refractivity contribution >= 4 is 28.6 Å². The van der Waals surface area contributed by atoms with Gasteiger partial charge in [-0.15, -0.1) is 22.7 Å². The van der Waals surface area contributed by atoms with Crippen molar-refractivity contribution < 1.29 is 15.0 Å². The summed E-state index contributed by atoms with van der Waals surface area (Å²) in [6, 6.07) is 3.92. The van der Waals surface area contributed by atoms with Crippen molar-refractivity contribution in [1.29, 1.82) is 0 Å². The van der Waals surface area contributed by atoms with Gasteiger partial charge in [0.1, 0.15) is 9.88 Å². The van der Waals surface area contributed by atoms with E-state index in [-0.39, 0.29) is 19.0 Å². The van der Waals surface area contributed by atoms with E-state index in [0.29, 0.717) is 10.6 Å². The second-order valence-corrected chi connectivity index (χ2v) is 6.70. The number of aliphatic hydroxyl groups is 2. The lowest BCUT2D eigenvalue weighted by molar-refractivity contribution is 0.0572. The number of thiophene rings is 1. The number of nitrogens with zero attached hydrogens (tertiary/aromatic N) is 2. The zero-order valence-corrected chi connectivity index (χ0v) is 12.4. The first-order valence-corrected chi connectivity index (χ1v) is 7.92. The maximum atomic E-state index is 12.4. The summed E-state index contributed by atoms with van der Waals surface area (Å²) in [6.45, 7) is 2.15. The highest BCUT2D eigenvalue weighted by molar-refractivity contribution is 7.22. The quantitative estimate of drug-likeness (QED) is 0.878. The van der Waals surface area contributed by atoms with E-state index in [1.165, 1.54) is 16.2 Å². The smallest absolute Gasteiger partial charge is 0.266 e. The summed E-state index contributed by atoms with van der Waals surface area (Å²) in [6.07, 6.45) is -1.71. The molecule has 1 aliphatic heterocycles. The Kier molecular flexibility index (Phi) is 3.59. The zero-order chi connectivity index (χ0) is 14.3. The first-order valence-electron chi connectivity index (χ1n) is 6.23. The van der Waals surface area contributed by atoms with Crippen molar-refractivity contribution in [2.24, 2.45) is 0 Å². The fourth-order valence-electron chi connectivity index (χ4n) is 2.18. The van der Waals surface area contributed by atoms with E-state index >= 15 is 0 Å². The SMILES string of the molecule is Cc1nc(-c2cccs2)sc1C(=O)N1CC(O)C(O)C1. The molecular formula is C13H14N2O3S2. The Labute approximate surface area is 124 Å². The third kappa shape index (κ3) is 2.37. The Morgan fingerprint density at radius 2 is 2.10 bits per heavy atom. The number of rotatable bonds is 2. The standard InChI is InChI=1S/C13H14N2O3S2/c1-7-11(13(18)15-5-8(16)9(17)6-15)20-12(14-7)10-3-2-4-19-10/h2-4,8-9,16-17H,5-6H2,1H3. The lowest BCUT2D eigenvalue weighted by Crippen LogP contribution is -2.29. The van der Waals surface area contributed by atoms with Crippen molar-refractivity contribution in [3.8, 4) is 9.88 Å². The summed E-state index contributed by atoms with van der Waals surface area (Å²) in [5, 5.41) is 21.9. The number of likely N-dealkylation sites (tertiary alicyclic amines) is 1. The minimum Gasteiger partial charge on any atom is -0.388 e. The van der Waals surface area contributed by atoms with Gasteiger partial charge in [-0.25, -0.2) is 4.98 Å². The van der Waals surface area contributed by atoms with Gasteiger partial charge in [0.05, 0.1) is 22.8 Å². The van der Waals surface area contributed by atoms with Crippen molar-refractivity contribution in [2.45, 2.75) is 19.1 Å². The van der Waals surface area contributed by atoms with Gasteiger partial charge in [-0.3, -0.25) is 4.79 Å². The minimum atomic E-state index is -0.857. The first-order chi connectivity index (χ1) is 9.56. The van der Waals surface area contributed by atoms with Crippen LogP contribution >= 0.6 is 22.7 Å². The van der Waals surface area contributed by atoms with Crippen LogP contribution in [0, 0.1) is 6.92 Å². The van der Waals surface area contributed by atoms with Crippen LogP contribution < -0.4 is 0 Å². The number of hydrogen-bond donors (Lipinski definition) is 2. The molecule has 1 fully saturated rings. The lowest BCUT2D eigenvalue weighted by Gasteiger charge is -2.14. The van der Waals surface area contributed by atoms with E-state index in [9.17, 15) is 15.0 Å². The molecule has 3 rings (SSSR count). The number of aromatic nitrogens is 1. The second kappa shape index (κ2) is 5.25. The van der Waals surface area contributed by atoms with Crippen LogP contribution in [-0.2, 0) is 0 Å². The molecule has 5 nitrogen and oxygen atoms in total. The zero-order valence-electron chi connectivity index (χ0n) is 10.8. The normalized spacial score (nSPS) is 22.4. The molecule has 1 aliphatic rings. The molecule has 1 amide bonds. The van der Waals surface area contributed by atoms with Crippen LogP contribution in [0.1, 0.15) is 15.4 Å². The monoisotopic (exact) mass is 310 g/mol. The van der Waals surface area contributed by atoms with Gasteiger partial charge in [-0.2, -0.15) is 0 Å². The van der Waals surface area contributed by atoms with Gasteiger partial charge < -0.3 is 15.1 Å². The Morgan fingerprint density at radius 1 is 1.40 bits per heavy atom. The van der Waals surface area contributed by atoms with Gasteiger partial charge in [-0.05, 0) is 18.4 Å². The van der Waals surface area contributed by atoms with Crippen LogP contribution in [0.4, 0.5) is 0 Å². The van der Waals surface area contributed by atoms with Gasteiger partial charge >= 0.3 is 0 Å². The molecule has 20 heavy (non-hydrogen) atoms. The largest absolute Gasteiger partial charge is 0.388 e. The second-order valence-electron chi connectivity index (χ2n) is 4.76. The highest BCUT2D eigenvalue weighted by Gasteiger charge is 2.34. The highest BCUT2D eigenvalue weighted by atomic mass is 32.1. The molecule has 2 atom stereocenters. The predicted molar refractivity (Wildman–Crippen MR) is 78.1 cm³/mol. The molecule has 2 aromatic heterocycles. The Hall–Kier alpha value is -1.28. The number of carbonyl (C=O) groups is 1. The van der Waals surface area contributed by atoms with E-state index in [2.05, 4.69) is 4.98 Å². The fourth-order valence-corrected chi connectivity index (χ4v) is 4.01. The first kappa shape index (κ1) is 13.7. The summed E-state index contributed by atoms with van der Waals surface area (Å²) >= 11 is 2.95. The van der Waals surface area contributed by atoms with Crippen LogP contribution in [-0.4, -0.2) is 51.3 Å². The van der Waals surface area contributed by atoms with Crippen molar-refractivity contribution in [1.82, 2.24) is 9.88 Å². The van der Waals surface area contributed by atoms with E-state index < -0.39 is 12.2 Å². The number of aryl methyl sites for hydroxylation is 1. The average Bonchev–Trinajstić information content (AvgIpc) is 3.10. The number of amides is 1. The summed E-state index contributed by atoms with van der Waals surface area (Å²) in [5.74, 6) is -0.168. The molecule has 0 radical (unpaired) electrons. The maximum Gasteiger partial charge on any atom is 0.266 e. The number of thiazole rings is 1. The third-order valence-corrected chi connectivity index (χ3v) is 5.45. The highest BCUT2D eigenvalue weighted by Crippen LogP contribution is 2.32. The molecule has 3 heterocycles. The van der Waals surface area contributed by atoms with Gasteiger partial charge in [0.15, 0.2) is 0 Å². The van der Waals surface area contributed by atoms with Crippen molar-refractivity contribution in [3.63, 3.8) is 0 Å². The van der Waals surface area contributed by atoms with Gasteiger partial charge in [0.25, 0.3) is 5.91 Å². The van der Waals surface area contributed by atoms with E-state index in [1.807, 2.05) is 24.4 Å².